The van der Waals surface area contributed by atoms with Gasteiger partial charge in [-0.15, -0.1) is 34.2 Å². The number of nitrogens with zero attached hydrogens (tertiary/aromatic N) is 4. The Kier molecular flexibility index (Phi) is 13.0. The van der Waals surface area contributed by atoms with Crippen molar-refractivity contribution in [2.24, 2.45) is 4.99 Å². The first kappa shape index (κ1) is 25.6. The van der Waals surface area contributed by atoms with Crippen LogP contribution in [0.3, 0.4) is 0 Å². The highest BCUT2D eigenvalue weighted by molar-refractivity contribution is 14.0. The molecular formula is C17H34IN7O2. The zero-order valence-electron chi connectivity index (χ0n) is 17.0. The van der Waals surface area contributed by atoms with Crippen molar-refractivity contribution in [2.45, 2.75) is 52.6 Å². The first-order valence-electron chi connectivity index (χ1n) is 9.04. The summed E-state index contributed by atoms with van der Waals surface area (Å²) in [5.74, 6) is 1.45. The zero-order valence-corrected chi connectivity index (χ0v) is 19.4. The fourth-order valence-corrected chi connectivity index (χ4v) is 2.24. The predicted molar refractivity (Wildman–Crippen MR) is 118 cm³/mol. The molecule has 156 valence electrons. The van der Waals surface area contributed by atoms with E-state index in [1.807, 2.05) is 32.3 Å². The van der Waals surface area contributed by atoms with Gasteiger partial charge in [0.15, 0.2) is 5.96 Å². The lowest BCUT2D eigenvalue weighted by molar-refractivity contribution is -0.121. The number of guanidine groups is 1. The van der Waals surface area contributed by atoms with Gasteiger partial charge in [0.25, 0.3) is 0 Å². The molecule has 0 spiro atoms. The molecular weight excluding hydrogens is 461 g/mol. The van der Waals surface area contributed by atoms with Crippen LogP contribution >= 0.6 is 24.0 Å². The maximum absolute atomic E-state index is 12.0. The van der Waals surface area contributed by atoms with Crippen LogP contribution in [0, 0.1) is 0 Å². The minimum Gasteiger partial charge on any atom is -0.385 e. The molecule has 0 aromatic carbocycles. The summed E-state index contributed by atoms with van der Waals surface area (Å²) in [6.07, 6.45) is 3.42. The summed E-state index contributed by atoms with van der Waals surface area (Å²) < 4.78 is 7.05. The number of aliphatic imine (C=N–C) groups is 1. The Bertz CT molecular complexity index is 570. The standard InChI is InChI=1S/C17H33N7O2.HI/c1-6-14-23-21-13-24(14)10-9-19-16(18-8-7-11-26-5)20-12-15(25)22-17(2,3)4;/h13H,6-12H2,1-5H3,(H,22,25)(H2,18,19,20);1H. The number of hydrogen-bond acceptors (Lipinski definition) is 5. The van der Waals surface area contributed by atoms with Gasteiger partial charge in [0.2, 0.25) is 5.91 Å². The molecule has 0 saturated carbocycles. The summed E-state index contributed by atoms with van der Waals surface area (Å²) in [5.41, 5.74) is -0.267. The number of hydrogen-bond donors (Lipinski definition) is 3. The van der Waals surface area contributed by atoms with E-state index < -0.39 is 0 Å². The van der Waals surface area contributed by atoms with Gasteiger partial charge in [0.05, 0.1) is 0 Å². The Balaban J connectivity index is 0.00000676. The van der Waals surface area contributed by atoms with Crippen LogP contribution in [0.25, 0.3) is 0 Å². The molecule has 0 fully saturated rings. The van der Waals surface area contributed by atoms with Crippen LogP contribution in [-0.2, 0) is 22.5 Å². The lowest BCUT2D eigenvalue weighted by Crippen LogP contribution is -2.43. The van der Waals surface area contributed by atoms with Gasteiger partial charge in [-0.05, 0) is 27.2 Å². The Morgan fingerprint density at radius 1 is 1.30 bits per heavy atom. The van der Waals surface area contributed by atoms with Crippen molar-refractivity contribution in [3.63, 3.8) is 0 Å². The molecule has 0 aliphatic carbocycles. The second-order valence-corrected chi connectivity index (χ2v) is 6.96. The van der Waals surface area contributed by atoms with Crippen LogP contribution in [0.5, 0.6) is 0 Å². The number of carbonyl (C=O) groups excluding carboxylic acids is 1. The van der Waals surface area contributed by atoms with E-state index in [9.17, 15) is 4.79 Å². The molecule has 0 radical (unpaired) electrons. The van der Waals surface area contributed by atoms with Gasteiger partial charge >= 0.3 is 0 Å². The fourth-order valence-electron chi connectivity index (χ4n) is 2.24. The number of ether oxygens (including phenoxy) is 1. The average Bonchev–Trinajstić information content (AvgIpc) is 3.01. The quantitative estimate of drug-likeness (QED) is 0.193. The third-order valence-corrected chi connectivity index (χ3v) is 3.37. The van der Waals surface area contributed by atoms with Crippen LogP contribution in [0.15, 0.2) is 11.3 Å². The smallest absolute Gasteiger partial charge is 0.242 e. The molecule has 9 nitrogen and oxygen atoms in total. The van der Waals surface area contributed by atoms with Gasteiger partial charge in [-0.1, -0.05) is 6.92 Å². The van der Waals surface area contributed by atoms with Crippen molar-refractivity contribution < 1.29 is 9.53 Å². The molecule has 1 aromatic rings. The van der Waals surface area contributed by atoms with Crippen molar-refractivity contribution in [3.05, 3.63) is 12.2 Å². The number of nitrogens with one attached hydrogen (secondary N) is 3. The number of methoxy groups -OCH3 is 1. The van der Waals surface area contributed by atoms with Crippen LogP contribution in [0.2, 0.25) is 0 Å². The minimum atomic E-state index is -0.267. The molecule has 0 atom stereocenters. The molecule has 0 bridgehead atoms. The largest absolute Gasteiger partial charge is 0.385 e. The molecule has 0 aliphatic heterocycles. The van der Waals surface area contributed by atoms with E-state index in [4.69, 9.17) is 4.74 Å². The molecule has 1 amide bonds. The van der Waals surface area contributed by atoms with E-state index in [1.165, 1.54) is 0 Å². The number of carbonyl (C=O) groups is 1. The third kappa shape index (κ3) is 11.8. The monoisotopic (exact) mass is 495 g/mol. The van der Waals surface area contributed by atoms with E-state index in [1.54, 1.807) is 13.4 Å². The molecule has 1 rings (SSSR count). The molecule has 0 aliphatic rings. The number of amides is 1. The summed E-state index contributed by atoms with van der Waals surface area (Å²) >= 11 is 0. The van der Waals surface area contributed by atoms with Crippen LogP contribution < -0.4 is 16.0 Å². The lowest BCUT2D eigenvalue weighted by Gasteiger charge is -2.20. The third-order valence-electron chi connectivity index (χ3n) is 3.37. The van der Waals surface area contributed by atoms with E-state index in [0.29, 0.717) is 25.7 Å². The van der Waals surface area contributed by atoms with Gasteiger partial charge in [-0.2, -0.15) is 0 Å². The van der Waals surface area contributed by atoms with Crippen LogP contribution in [-0.4, -0.2) is 65.5 Å². The first-order chi connectivity index (χ1) is 12.4. The number of rotatable bonds is 10. The second kappa shape index (κ2) is 13.7. The zero-order chi connectivity index (χ0) is 19.4. The highest BCUT2D eigenvalue weighted by Gasteiger charge is 2.13. The second-order valence-electron chi connectivity index (χ2n) is 6.96. The minimum absolute atomic E-state index is 0. The highest BCUT2D eigenvalue weighted by atomic mass is 127. The molecule has 0 unspecified atom stereocenters. The van der Waals surface area contributed by atoms with Gasteiger partial charge < -0.3 is 25.3 Å². The number of aromatic nitrogens is 3. The van der Waals surface area contributed by atoms with Crippen molar-refractivity contribution in [1.29, 1.82) is 0 Å². The van der Waals surface area contributed by atoms with Crippen LogP contribution in [0.4, 0.5) is 0 Å². The van der Waals surface area contributed by atoms with Crippen molar-refractivity contribution in [3.8, 4) is 0 Å². The average molecular weight is 495 g/mol. The van der Waals surface area contributed by atoms with E-state index in [0.717, 1.165) is 25.2 Å². The summed E-state index contributed by atoms with van der Waals surface area (Å²) in [5, 5.41) is 17.4. The molecule has 0 saturated heterocycles. The number of aryl methyl sites for hydroxylation is 1. The molecule has 3 N–H and O–H groups in total. The lowest BCUT2D eigenvalue weighted by atomic mass is 10.1. The maximum atomic E-state index is 12.0. The van der Waals surface area contributed by atoms with Gasteiger partial charge in [0, 0.05) is 45.3 Å². The maximum Gasteiger partial charge on any atom is 0.242 e. The normalized spacial score (nSPS) is 11.7. The summed E-state index contributed by atoms with van der Waals surface area (Å²) in [6.45, 7) is 10.7. The predicted octanol–water partition coefficient (Wildman–Crippen LogP) is 0.945. The van der Waals surface area contributed by atoms with E-state index >= 15 is 0 Å². The fraction of sp³-hybridized carbons (Fsp3) is 0.765. The van der Waals surface area contributed by atoms with E-state index in [-0.39, 0.29) is 42.0 Å². The van der Waals surface area contributed by atoms with Gasteiger partial charge in [0.1, 0.15) is 18.7 Å². The Morgan fingerprint density at radius 2 is 2.00 bits per heavy atom. The Labute approximate surface area is 179 Å². The summed E-state index contributed by atoms with van der Waals surface area (Å²) in [7, 11) is 1.68. The summed E-state index contributed by atoms with van der Waals surface area (Å²) in [4.78, 5) is 16.3. The highest BCUT2D eigenvalue weighted by Crippen LogP contribution is 1.98. The molecule has 27 heavy (non-hydrogen) atoms. The van der Waals surface area contributed by atoms with E-state index in [2.05, 4.69) is 31.1 Å². The van der Waals surface area contributed by atoms with Gasteiger partial charge in [-0.3, -0.25) is 4.79 Å². The van der Waals surface area contributed by atoms with Crippen molar-refractivity contribution in [1.82, 2.24) is 30.7 Å². The van der Waals surface area contributed by atoms with Crippen molar-refractivity contribution in [2.75, 3.05) is 33.4 Å². The first-order valence-corrected chi connectivity index (χ1v) is 9.04. The Morgan fingerprint density at radius 3 is 2.63 bits per heavy atom. The molecule has 1 aromatic heterocycles. The SMILES string of the molecule is CCc1nncn1CCNC(=NCC(=O)NC(C)(C)C)NCCCOC.I. The summed E-state index contributed by atoms with van der Waals surface area (Å²) in [6, 6.07) is 0. The molecule has 10 heteroatoms. The number of halogens is 1. The Hall–Kier alpha value is -1.43. The van der Waals surface area contributed by atoms with Crippen LogP contribution in [0.1, 0.15) is 39.9 Å². The van der Waals surface area contributed by atoms with Gasteiger partial charge in [-0.25, -0.2) is 4.99 Å². The molecule has 1 heterocycles. The van der Waals surface area contributed by atoms with Crippen molar-refractivity contribution >= 4 is 35.8 Å². The topological polar surface area (TPSA) is 105 Å².